The van der Waals surface area contributed by atoms with Gasteiger partial charge in [-0.05, 0) is 33.6 Å². The van der Waals surface area contributed by atoms with Gasteiger partial charge in [0.25, 0.3) is 0 Å². The third-order valence-corrected chi connectivity index (χ3v) is 3.32. The quantitative estimate of drug-likeness (QED) is 0.703. The van der Waals surface area contributed by atoms with E-state index in [9.17, 15) is 4.79 Å². The number of ether oxygens (including phenoxy) is 1. The second-order valence-corrected chi connectivity index (χ2v) is 6.18. The first kappa shape index (κ1) is 12.7. The summed E-state index contributed by atoms with van der Waals surface area (Å²) in [5.74, 6) is 0. The first-order chi connectivity index (χ1) is 6.76. The van der Waals surface area contributed by atoms with Crippen molar-refractivity contribution in [3.05, 3.63) is 0 Å². The van der Waals surface area contributed by atoms with Crippen LogP contribution in [0.15, 0.2) is 0 Å². The van der Waals surface area contributed by atoms with Gasteiger partial charge in [0.1, 0.15) is 5.60 Å². The zero-order chi connectivity index (χ0) is 11.7. The molecule has 1 saturated heterocycles. The van der Waals surface area contributed by atoms with Gasteiger partial charge < -0.3 is 9.64 Å². The monoisotopic (exact) mass is 231 g/mol. The van der Waals surface area contributed by atoms with Crippen molar-refractivity contribution in [2.45, 2.75) is 50.9 Å². The molecule has 0 saturated carbocycles. The minimum absolute atomic E-state index is 0.0170. The summed E-state index contributed by atoms with van der Waals surface area (Å²) in [5.41, 5.74) is -0.412. The van der Waals surface area contributed by atoms with E-state index in [1.807, 2.05) is 20.8 Å². The number of amides is 1. The van der Waals surface area contributed by atoms with E-state index < -0.39 is 5.60 Å². The first-order valence-corrected chi connectivity index (χ1v) is 5.91. The van der Waals surface area contributed by atoms with Gasteiger partial charge in [-0.25, -0.2) is 4.79 Å². The largest absolute Gasteiger partial charge is 0.444 e. The van der Waals surface area contributed by atoms with Gasteiger partial charge in [-0.1, -0.05) is 6.92 Å². The predicted molar refractivity (Wildman–Crippen MR) is 64.4 cm³/mol. The van der Waals surface area contributed by atoms with E-state index in [4.69, 9.17) is 4.74 Å². The molecule has 1 unspecified atom stereocenters. The summed E-state index contributed by atoms with van der Waals surface area (Å²) in [6.45, 7) is 9.21. The summed E-state index contributed by atoms with van der Waals surface area (Å²) in [6.07, 6.45) is 1.72. The maximum Gasteiger partial charge on any atom is 0.410 e. The number of rotatable bonds is 1. The van der Waals surface area contributed by atoms with E-state index in [0.29, 0.717) is 6.54 Å². The van der Waals surface area contributed by atoms with Gasteiger partial charge in [-0.3, -0.25) is 0 Å². The molecular weight excluding hydrogens is 210 g/mol. The second kappa shape index (κ2) is 4.24. The van der Waals surface area contributed by atoms with Crippen LogP contribution in [0.1, 0.15) is 40.5 Å². The van der Waals surface area contributed by atoms with Crippen LogP contribution < -0.4 is 0 Å². The van der Waals surface area contributed by atoms with Gasteiger partial charge in [0.2, 0.25) is 0 Å². The van der Waals surface area contributed by atoms with Crippen LogP contribution in [-0.4, -0.2) is 34.4 Å². The Kier molecular flexibility index (Phi) is 3.59. The summed E-state index contributed by atoms with van der Waals surface area (Å²) in [6, 6.07) is 0. The maximum atomic E-state index is 11.7. The van der Waals surface area contributed by atoms with Crippen molar-refractivity contribution in [3.8, 4) is 0 Å². The molecule has 0 aromatic rings. The third-order valence-electron chi connectivity index (χ3n) is 2.64. The van der Waals surface area contributed by atoms with Gasteiger partial charge in [-0.15, -0.1) is 0 Å². The van der Waals surface area contributed by atoms with E-state index >= 15 is 0 Å². The Hall–Kier alpha value is -0.380. The van der Waals surface area contributed by atoms with Crippen LogP contribution in [-0.2, 0) is 4.74 Å². The maximum absolute atomic E-state index is 11.7. The molecule has 1 atom stereocenters. The molecule has 1 fully saturated rings. The number of hydrogen-bond acceptors (Lipinski definition) is 3. The number of likely N-dealkylation sites (tertiary alicyclic amines) is 1. The lowest BCUT2D eigenvalue weighted by atomic mass is 10.1. The average Bonchev–Trinajstić information content (AvgIpc) is 2.46. The Morgan fingerprint density at radius 2 is 2.13 bits per heavy atom. The Bertz CT molecular complexity index is 249. The van der Waals surface area contributed by atoms with Crippen molar-refractivity contribution < 1.29 is 9.53 Å². The highest BCUT2D eigenvalue weighted by molar-refractivity contribution is 7.81. The van der Waals surface area contributed by atoms with E-state index in [1.165, 1.54) is 0 Å². The zero-order valence-corrected chi connectivity index (χ0v) is 10.9. The lowest BCUT2D eigenvalue weighted by Crippen LogP contribution is -2.37. The zero-order valence-electron chi connectivity index (χ0n) is 10.0. The SMILES string of the molecule is CCC1(S)CCN(C(=O)OC(C)(C)C)C1. The molecule has 0 radical (unpaired) electrons. The molecule has 0 N–H and O–H groups in total. The Morgan fingerprint density at radius 1 is 1.53 bits per heavy atom. The van der Waals surface area contributed by atoms with Gasteiger partial charge in [0.05, 0.1) is 0 Å². The molecule has 0 spiro atoms. The van der Waals surface area contributed by atoms with Crippen molar-refractivity contribution >= 4 is 18.7 Å². The number of hydrogen-bond donors (Lipinski definition) is 1. The predicted octanol–water partition coefficient (Wildman–Crippen LogP) is 2.71. The molecule has 15 heavy (non-hydrogen) atoms. The second-order valence-electron chi connectivity index (χ2n) is 5.23. The van der Waals surface area contributed by atoms with E-state index in [-0.39, 0.29) is 10.8 Å². The van der Waals surface area contributed by atoms with Gasteiger partial charge in [0, 0.05) is 17.8 Å². The highest BCUT2D eigenvalue weighted by Gasteiger charge is 2.37. The molecule has 1 aliphatic heterocycles. The molecular formula is C11H21NO2S. The highest BCUT2D eigenvalue weighted by Crippen LogP contribution is 2.31. The Labute approximate surface area is 97.6 Å². The first-order valence-electron chi connectivity index (χ1n) is 5.46. The van der Waals surface area contributed by atoms with Gasteiger partial charge >= 0.3 is 6.09 Å². The summed E-state index contributed by atoms with van der Waals surface area (Å²) in [7, 11) is 0. The van der Waals surface area contributed by atoms with Crippen molar-refractivity contribution in [2.75, 3.05) is 13.1 Å². The molecule has 1 amide bonds. The molecule has 1 heterocycles. The summed E-state index contributed by atoms with van der Waals surface area (Å²) in [5, 5.41) is 0. The van der Waals surface area contributed by atoms with E-state index in [1.54, 1.807) is 4.90 Å². The van der Waals surface area contributed by atoms with Crippen LogP contribution in [0, 0.1) is 0 Å². The number of thiol groups is 1. The number of carbonyl (C=O) groups excluding carboxylic acids is 1. The van der Waals surface area contributed by atoms with Gasteiger partial charge in [0.15, 0.2) is 0 Å². The molecule has 1 rings (SSSR count). The Morgan fingerprint density at radius 3 is 2.53 bits per heavy atom. The fourth-order valence-electron chi connectivity index (χ4n) is 1.63. The lowest BCUT2D eigenvalue weighted by Gasteiger charge is -2.26. The van der Waals surface area contributed by atoms with Crippen molar-refractivity contribution in [2.24, 2.45) is 0 Å². The van der Waals surface area contributed by atoms with Crippen LogP contribution in [0.2, 0.25) is 0 Å². The summed E-state index contributed by atoms with van der Waals surface area (Å²) < 4.78 is 5.30. The van der Waals surface area contributed by atoms with E-state index in [2.05, 4.69) is 19.6 Å². The third kappa shape index (κ3) is 3.59. The number of carbonyl (C=O) groups is 1. The fraction of sp³-hybridized carbons (Fsp3) is 0.909. The minimum Gasteiger partial charge on any atom is -0.444 e. The van der Waals surface area contributed by atoms with Crippen molar-refractivity contribution in [1.82, 2.24) is 4.90 Å². The molecule has 88 valence electrons. The van der Waals surface area contributed by atoms with Crippen molar-refractivity contribution in [1.29, 1.82) is 0 Å². The number of nitrogens with zero attached hydrogens (tertiary/aromatic N) is 1. The minimum atomic E-state index is -0.412. The van der Waals surface area contributed by atoms with Crippen LogP contribution in [0.5, 0.6) is 0 Å². The van der Waals surface area contributed by atoms with Crippen LogP contribution in [0.3, 0.4) is 0 Å². The highest BCUT2D eigenvalue weighted by atomic mass is 32.1. The van der Waals surface area contributed by atoms with Crippen molar-refractivity contribution in [3.63, 3.8) is 0 Å². The van der Waals surface area contributed by atoms with Crippen LogP contribution in [0.4, 0.5) is 4.79 Å². The Balaban J connectivity index is 2.51. The molecule has 3 nitrogen and oxygen atoms in total. The summed E-state index contributed by atoms with van der Waals surface area (Å²) in [4.78, 5) is 13.5. The fourth-order valence-corrected chi connectivity index (χ4v) is 1.90. The smallest absolute Gasteiger partial charge is 0.410 e. The standard InChI is InChI=1S/C11H21NO2S/c1-5-11(15)6-7-12(8-11)9(13)14-10(2,3)4/h15H,5-8H2,1-4H3. The summed E-state index contributed by atoms with van der Waals surface area (Å²) >= 11 is 4.60. The van der Waals surface area contributed by atoms with E-state index in [0.717, 1.165) is 19.4 Å². The normalized spacial score (nSPS) is 26.9. The molecule has 0 aromatic carbocycles. The molecule has 0 aromatic heterocycles. The molecule has 4 heteroatoms. The molecule has 0 aliphatic carbocycles. The molecule has 1 aliphatic rings. The van der Waals surface area contributed by atoms with Crippen LogP contribution >= 0.6 is 12.6 Å². The lowest BCUT2D eigenvalue weighted by molar-refractivity contribution is 0.0290. The van der Waals surface area contributed by atoms with Gasteiger partial charge in [-0.2, -0.15) is 12.6 Å². The molecule has 0 bridgehead atoms. The topological polar surface area (TPSA) is 29.5 Å². The van der Waals surface area contributed by atoms with Crippen LogP contribution in [0.25, 0.3) is 0 Å². The average molecular weight is 231 g/mol.